The molecule has 0 saturated carbocycles. The van der Waals surface area contributed by atoms with E-state index in [1.54, 1.807) is 4.90 Å². The number of ether oxygens (including phenoxy) is 2. The molecule has 5 nitrogen and oxygen atoms in total. The van der Waals surface area contributed by atoms with Crippen LogP contribution in [0.25, 0.3) is 4.85 Å². The molecule has 0 spiro atoms. The molecule has 24 heavy (non-hydrogen) atoms. The van der Waals surface area contributed by atoms with Crippen molar-refractivity contribution in [1.29, 1.82) is 0 Å². The standard InChI is InChI=1S/C19H26N2O3/c1-19(2,3)24-18(22)21-12-8-11-16(13-21)17(23-14-20-4)15-9-6-5-7-10-15/h5-7,9-10,16-17H,8,11-14H2,1-3H3. The Kier molecular flexibility index (Phi) is 6.22. The van der Waals surface area contributed by atoms with Crippen LogP contribution in [0, 0.1) is 12.5 Å². The van der Waals surface area contributed by atoms with Crippen LogP contribution < -0.4 is 0 Å². The zero-order chi connectivity index (χ0) is 17.6. The maximum absolute atomic E-state index is 12.3. The fraction of sp³-hybridized carbons (Fsp3) is 0.579. The summed E-state index contributed by atoms with van der Waals surface area (Å²) < 4.78 is 11.3. The van der Waals surface area contributed by atoms with Crippen LogP contribution in [0.15, 0.2) is 30.3 Å². The highest BCUT2D eigenvalue weighted by Gasteiger charge is 2.33. The molecule has 0 radical (unpaired) electrons. The molecule has 1 aromatic carbocycles. The minimum Gasteiger partial charge on any atom is -0.444 e. The van der Waals surface area contributed by atoms with Gasteiger partial charge in [0, 0.05) is 19.0 Å². The van der Waals surface area contributed by atoms with Crippen molar-refractivity contribution in [1.82, 2.24) is 4.90 Å². The fourth-order valence-corrected chi connectivity index (χ4v) is 3.01. The molecule has 1 amide bonds. The van der Waals surface area contributed by atoms with Gasteiger partial charge in [0.25, 0.3) is 0 Å². The highest BCUT2D eigenvalue weighted by Crippen LogP contribution is 2.33. The largest absolute Gasteiger partial charge is 0.444 e. The number of rotatable bonds is 4. The Morgan fingerprint density at radius 2 is 2.08 bits per heavy atom. The second-order valence-electron chi connectivity index (χ2n) is 7.11. The predicted molar refractivity (Wildman–Crippen MR) is 92.3 cm³/mol. The van der Waals surface area contributed by atoms with E-state index in [2.05, 4.69) is 4.85 Å². The number of carbonyl (C=O) groups excluding carboxylic acids is 1. The molecule has 2 unspecified atom stereocenters. The van der Waals surface area contributed by atoms with Crippen LogP contribution in [0.2, 0.25) is 0 Å². The van der Waals surface area contributed by atoms with Crippen molar-refractivity contribution >= 4 is 6.09 Å². The molecule has 1 fully saturated rings. The van der Waals surface area contributed by atoms with Gasteiger partial charge in [-0.25, -0.2) is 11.4 Å². The normalized spacial score (nSPS) is 19.4. The molecule has 5 heteroatoms. The molecule has 2 rings (SSSR count). The number of hydrogen-bond donors (Lipinski definition) is 0. The number of piperidine rings is 1. The summed E-state index contributed by atoms with van der Waals surface area (Å²) in [5, 5.41) is 0. The summed E-state index contributed by atoms with van der Waals surface area (Å²) in [5.74, 6) is 0.162. The van der Waals surface area contributed by atoms with Crippen LogP contribution in [-0.4, -0.2) is 36.4 Å². The highest BCUT2D eigenvalue weighted by atomic mass is 16.6. The number of benzene rings is 1. The van der Waals surface area contributed by atoms with Gasteiger partial charge in [0.05, 0.1) is 6.10 Å². The summed E-state index contributed by atoms with van der Waals surface area (Å²) in [6.07, 6.45) is 1.43. The average molecular weight is 330 g/mol. The number of likely N-dealkylation sites (tertiary alicyclic amines) is 1. The fourth-order valence-electron chi connectivity index (χ4n) is 3.01. The smallest absolute Gasteiger partial charge is 0.410 e. The van der Waals surface area contributed by atoms with Crippen molar-refractivity contribution in [3.8, 4) is 0 Å². The molecule has 0 bridgehead atoms. The quantitative estimate of drug-likeness (QED) is 0.774. The van der Waals surface area contributed by atoms with E-state index >= 15 is 0 Å². The Morgan fingerprint density at radius 1 is 1.38 bits per heavy atom. The third kappa shape index (κ3) is 5.24. The third-order valence-electron chi connectivity index (χ3n) is 3.98. The minimum atomic E-state index is -0.497. The van der Waals surface area contributed by atoms with Crippen LogP contribution >= 0.6 is 0 Å². The SMILES string of the molecule is [C-]#[N+]COC(c1ccccc1)C1CCCN(C(=O)OC(C)(C)C)C1. The number of carbonyl (C=O) groups is 1. The lowest BCUT2D eigenvalue weighted by molar-refractivity contribution is -0.0179. The van der Waals surface area contributed by atoms with Crippen LogP contribution in [0.3, 0.4) is 0 Å². The zero-order valence-corrected chi connectivity index (χ0v) is 14.7. The first-order valence-corrected chi connectivity index (χ1v) is 8.38. The topological polar surface area (TPSA) is 43.1 Å². The van der Waals surface area contributed by atoms with Crippen molar-refractivity contribution in [2.24, 2.45) is 5.92 Å². The molecule has 1 heterocycles. The Labute approximate surface area is 144 Å². The van der Waals surface area contributed by atoms with Gasteiger partial charge in [-0.3, -0.25) is 4.85 Å². The van der Waals surface area contributed by atoms with Crippen molar-refractivity contribution in [2.45, 2.75) is 45.3 Å². The van der Waals surface area contributed by atoms with Crippen LogP contribution in [-0.2, 0) is 9.47 Å². The van der Waals surface area contributed by atoms with E-state index in [4.69, 9.17) is 16.0 Å². The monoisotopic (exact) mass is 330 g/mol. The van der Waals surface area contributed by atoms with Crippen molar-refractivity contribution < 1.29 is 14.3 Å². The Bertz CT molecular complexity index is 575. The lowest BCUT2D eigenvalue weighted by atomic mass is 9.88. The number of amides is 1. The molecule has 1 aromatic rings. The van der Waals surface area contributed by atoms with Gasteiger partial charge in [-0.2, -0.15) is 0 Å². The summed E-state index contributed by atoms with van der Waals surface area (Å²) in [4.78, 5) is 17.4. The van der Waals surface area contributed by atoms with Crippen molar-refractivity contribution in [3.63, 3.8) is 0 Å². The summed E-state index contributed by atoms with van der Waals surface area (Å²) >= 11 is 0. The van der Waals surface area contributed by atoms with Crippen LogP contribution in [0.5, 0.6) is 0 Å². The first-order chi connectivity index (χ1) is 11.4. The molecule has 1 aliphatic rings. The first-order valence-electron chi connectivity index (χ1n) is 8.38. The molecular weight excluding hydrogens is 304 g/mol. The minimum absolute atomic E-state index is 0.0303. The Morgan fingerprint density at radius 3 is 2.71 bits per heavy atom. The summed E-state index contributed by atoms with van der Waals surface area (Å²) in [6, 6.07) is 9.93. The first kappa shape index (κ1) is 18.3. The molecule has 130 valence electrons. The van der Waals surface area contributed by atoms with Gasteiger partial charge in [-0.1, -0.05) is 30.3 Å². The second kappa shape index (κ2) is 8.16. The number of nitrogens with zero attached hydrogens (tertiary/aromatic N) is 2. The van der Waals surface area contributed by atoms with Crippen molar-refractivity contribution in [3.05, 3.63) is 47.3 Å². The molecule has 0 aliphatic carbocycles. The Balaban J connectivity index is 2.09. The lowest BCUT2D eigenvalue weighted by Gasteiger charge is -2.37. The predicted octanol–water partition coefficient (Wildman–Crippen LogP) is 4.27. The molecular formula is C19H26N2O3. The van der Waals surface area contributed by atoms with Crippen LogP contribution in [0.4, 0.5) is 4.79 Å². The molecule has 2 atom stereocenters. The van der Waals surface area contributed by atoms with E-state index < -0.39 is 5.60 Å². The van der Waals surface area contributed by atoms with Gasteiger partial charge in [-0.05, 0) is 39.2 Å². The Hall–Kier alpha value is -2.06. The van der Waals surface area contributed by atoms with Crippen LogP contribution in [0.1, 0.15) is 45.3 Å². The van der Waals surface area contributed by atoms with Gasteiger partial charge in [0.1, 0.15) is 5.60 Å². The van der Waals surface area contributed by atoms with Gasteiger partial charge < -0.3 is 14.4 Å². The van der Waals surface area contributed by atoms with Gasteiger partial charge in [-0.15, -0.1) is 0 Å². The van der Waals surface area contributed by atoms with E-state index in [1.807, 2.05) is 51.1 Å². The average Bonchev–Trinajstić information content (AvgIpc) is 2.55. The maximum Gasteiger partial charge on any atom is 0.410 e. The van der Waals surface area contributed by atoms with E-state index in [0.717, 1.165) is 18.4 Å². The van der Waals surface area contributed by atoms with E-state index in [0.29, 0.717) is 13.1 Å². The van der Waals surface area contributed by atoms with E-state index in [1.165, 1.54) is 0 Å². The maximum atomic E-state index is 12.3. The summed E-state index contributed by atoms with van der Waals surface area (Å²) in [5.41, 5.74) is 0.556. The van der Waals surface area contributed by atoms with E-state index in [-0.39, 0.29) is 24.8 Å². The van der Waals surface area contributed by atoms with Gasteiger partial charge >= 0.3 is 12.8 Å². The number of hydrogen-bond acceptors (Lipinski definition) is 3. The summed E-state index contributed by atoms with van der Waals surface area (Å²) in [6.45, 7) is 13.9. The molecule has 0 aromatic heterocycles. The van der Waals surface area contributed by atoms with Crippen molar-refractivity contribution in [2.75, 3.05) is 19.8 Å². The molecule has 1 aliphatic heterocycles. The second-order valence-corrected chi connectivity index (χ2v) is 7.11. The van der Waals surface area contributed by atoms with Gasteiger partial charge in [0.2, 0.25) is 0 Å². The lowest BCUT2D eigenvalue weighted by Crippen LogP contribution is -2.44. The molecule has 1 saturated heterocycles. The van der Waals surface area contributed by atoms with Gasteiger partial charge in [0.15, 0.2) is 0 Å². The highest BCUT2D eigenvalue weighted by molar-refractivity contribution is 5.68. The summed E-state index contributed by atoms with van der Waals surface area (Å²) in [7, 11) is 0. The van der Waals surface area contributed by atoms with E-state index in [9.17, 15) is 4.79 Å². The third-order valence-corrected chi connectivity index (χ3v) is 3.98. The molecule has 0 N–H and O–H groups in total. The zero-order valence-electron chi connectivity index (χ0n) is 14.7.